The molecule has 0 radical (unpaired) electrons. The summed E-state index contributed by atoms with van der Waals surface area (Å²) in [6.07, 6.45) is 2.12. The van der Waals surface area contributed by atoms with Crippen LogP contribution in [-0.4, -0.2) is 43.5 Å². The van der Waals surface area contributed by atoms with E-state index >= 15 is 0 Å². The molecule has 1 saturated heterocycles. The number of carbonyl (C=O) groups excluding carboxylic acids is 2. The van der Waals surface area contributed by atoms with Gasteiger partial charge in [-0.3, -0.25) is 9.59 Å². The van der Waals surface area contributed by atoms with Crippen LogP contribution in [0.1, 0.15) is 35.7 Å². The lowest BCUT2D eigenvalue weighted by Crippen LogP contribution is -2.37. The van der Waals surface area contributed by atoms with Gasteiger partial charge in [0.1, 0.15) is 5.75 Å². The second-order valence-electron chi connectivity index (χ2n) is 7.55. The zero-order chi connectivity index (χ0) is 20.6. The van der Waals surface area contributed by atoms with Gasteiger partial charge in [-0.2, -0.15) is 0 Å². The predicted molar refractivity (Wildman–Crippen MR) is 114 cm³/mol. The van der Waals surface area contributed by atoms with Crippen LogP contribution in [0.5, 0.6) is 5.75 Å². The highest BCUT2D eigenvalue weighted by Gasteiger charge is 2.21. The van der Waals surface area contributed by atoms with Crippen LogP contribution in [0.25, 0.3) is 0 Å². The first-order chi connectivity index (χ1) is 14.0. The monoisotopic (exact) mass is 395 g/mol. The summed E-state index contributed by atoms with van der Waals surface area (Å²) in [5.74, 6) is 1.44. The number of likely N-dealkylation sites (tertiary alicyclic amines) is 1. The molecule has 1 fully saturated rings. The van der Waals surface area contributed by atoms with Crippen molar-refractivity contribution < 1.29 is 14.3 Å². The number of rotatable bonds is 7. The van der Waals surface area contributed by atoms with Crippen LogP contribution in [0, 0.1) is 5.92 Å². The molecule has 0 atom stereocenters. The molecule has 0 saturated carbocycles. The van der Waals surface area contributed by atoms with Gasteiger partial charge in [0.25, 0.3) is 5.91 Å². The van der Waals surface area contributed by atoms with E-state index < -0.39 is 0 Å². The topological polar surface area (TPSA) is 70.7 Å². The maximum absolute atomic E-state index is 12.6. The van der Waals surface area contributed by atoms with Gasteiger partial charge in [-0.25, -0.2) is 0 Å². The first-order valence-electron chi connectivity index (χ1n) is 10.1. The van der Waals surface area contributed by atoms with Crippen molar-refractivity contribution in [3.05, 3.63) is 59.7 Å². The highest BCUT2D eigenvalue weighted by Crippen LogP contribution is 2.19. The molecular formula is C23H29N3O3. The van der Waals surface area contributed by atoms with Crippen LogP contribution < -0.4 is 15.4 Å². The summed E-state index contributed by atoms with van der Waals surface area (Å²) in [6.45, 7) is 4.67. The van der Waals surface area contributed by atoms with E-state index in [1.807, 2.05) is 29.2 Å². The standard InChI is InChI=1S/C23H29N3O3/c1-17-11-13-26(14-12-17)23(28)19-5-7-20(8-6-19)25-22(27)16-24-15-18-3-9-21(29-2)10-4-18/h3-10,17,24H,11-16H2,1-2H3,(H,25,27). The van der Waals surface area contributed by atoms with Crippen molar-refractivity contribution in [2.75, 3.05) is 32.1 Å². The smallest absolute Gasteiger partial charge is 0.253 e. The molecule has 0 aromatic heterocycles. The Labute approximate surface area is 172 Å². The molecule has 154 valence electrons. The number of nitrogens with zero attached hydrogens (tertiary/aromatic N) is 1. The third-order valence-electron chi connectivity index (χ3n) is 5.26. The number of hydrogen-bond donors (Lipinski definition) is 2. The number of benzene rings is 2. The minimum Gasteiger partial charge on any atom is -0.497 e. The molecule has 1 heterocycles. The molecular weight excluding hydrogens is 366 g/mol. The van der Waals surface area contributed by atoms with Crippen molar-refractivity contribution in [3.8, 4) is 5.75 Å². The van der Waals surface area contributed by atoms with E-state index in [0.717, 1.165) is 37.2 Å². The second-order valence-corrected chi connectivity index (χ2v) is 7.55. The van der Waals surface area contributed by atoms with E-state index in [1.54, 1.807) is 31.4 Å². The van der Waals surface area contributed by atoms with Crippen LogP contribution in [0.2, 0.25) is 0 Å². The fourth-order valence-electron chi connectivity index (χ4n) is 3.36. The van der Waals surface area contributed by atoms with Gasteiger partial charge in [0.05, 0.1) is 13.7 Å². The van der Waals surface area contributed by atoms with Crippen LogP contribution in [0.15, 0.2) is 48.5 Å². The Bertz CT molecular complexity index is 810. The molecule has 2 amide bonds. The van der Waals surface area contributed by atoms with Gasteiger partial charge in [-0.1, -0.05) is 19.1 Å². The van der Waals surface area contributed by atoms with Gasteiger partial charge in [0.15, 0.2) is 0 Å². The van der Waals surface area contributed by atoms with Gasteiger partial charge in [0, 0.05) is 30.9 Å². The first kappa shape index (κ1) is 20.9. The quantitative estimate of drug-likeness (QED) is 0.755. The molecule has 2 N–H and O–H groups in total. The van der Waals surface area contributed by atoms with Crippen molar-refractivity contribution in [2.45, 2.75) is 26.3 Å². The number of carbonyl (C=O) groups is 2. The SMILES string of the molecule is COc1ccc(CNCC(=O)Nc2ccc(C(=O)N3CCC(C)CC3)cc2)cc1. The molecule has 0 unspecified atom stereocenters. The zero-order valence-corrected chi connectivity index (χ0v) is 17.1. The third kappa shape index (κ3) is 6.06. The summed E-state index contributed by atoms with van der Waals surface area (Å²) < 4.78 is 5.13. The summed E-state index contributed by atoms with van der Waals surface area (Å²) in [4.78, 5) is 26.6. The van der Waals surface area contributed by atoms with Crippen molar-refractivity contribution >= 4 is 17.5 Å². The number of piperidine rings is 1. The van der Waals surface area contributed by atoms with E-state index in [4.69, 9.17) is 4.74 Å². The molecule has 2 aromatic carbocycles. The molecule has 29 heavy (non-hydrogen) atoms. The summed E-state index contributed by atoms with van der Waals surface area (Å²) in [5.41, 5.74) is 2.42. The highest BCUT2D eigenvalue weighted by atomic mass is 16.5. The molecule has 0 spiro atoms. The fourth-order valence-corrected chi connectivity index (χ4v) is 3.36. The number of ether oxygens (including phenoxy) is 1. The van der Waals surface area contributed by atoms with E-state index in [0.29, 0.717) is 23.7 Å². The molecule has 1 aliphatic heterocycles. The van der Waals surface area contributed by atoms with E-state index in [-0.39, 0.29) is 18.4 Å². The first-order valence-corrected chi connectivity index (χ1v) is 10.1. The van der Waals surface area contributed by atoms with Crippen LogP contribution >= 0.6 is 0 Å². The maximum Gasteiger partial charge on any atom is 0.253 e. The molecule has 0 bridgehead atoms. The number of hydrogen-bond acceptors (Lipinski definition) is 4. The lowest BCUT2D eigenvalue weighted by Gasteiger charge is -2.30. The van der Waals surface area contributed by atoms with E-state index in [1.165, 1.54) is 0 Å². The summed E-state index contributed by atoms with van der Waals surface area (Å²) >= 11 is 0. The number of amides is 2. The van der Waals surface area contributed by atoms with Gasteiger partial charge < -0.3 is 20.3 Å². The summed E-state index contributed by atoms with van der Waals surface area (Å²) in [6, 6.07) is 14.8. The lowest BCUT2D eigenvalue weighted by molar-refractivity contribution is -0.115. The summed E-state index contributed by atoms with van der Waals surface area (Å²) in [5, 5.41) is 5.97. The van der Waals surface area contributed by atoms with Crippen LogP contribution in [0.3, 0.4) is 0 Å². The Morgan fingerprint density at radius 3 is 2.31 bits per heavy atom. The van der Waals surface area contributed by atoms with Crippen molar-refractivity contribution in [3.63, 3.8) is 0 Å². The van der Waals surface area contributed by atoms with Crippen molar-refractivity contribution in [1.29, 1.82) is 0 Å². The molecule has 1 aliphatic rings. The Balaban J connectivity index is 1.43. The van der Waals surface area contributed by atoms with Gasteiger partial charge in [-0.05, 0) is 60.7 Å². The van der Waals surface area contributed by atoms with Gasteiger partial charge in [0.2, 0.25) is 5.91 Å². The second kappa shape index (κ2) is 10.1. The molecule has 6 heteroatoms. The Kier molecular flexibility index (Phi) is 7.25. The number of nitrogens with one attached hydrogen (secondary N) is 2. The summed E-state index contributed by atoms with van der Waals surface area (Å²) in [7, 11) is 1.63. The highest BCUT2D eigenvalue weighted by molar-refractivity contribution is 5.96. The van der Waals surface area contributed by atoms with Crippen molar-refractivity contribution in [1.82, 2.24) is 10.2 Å². The average Bonchev–Trinajstić information content (AvgIpc) is 2.75. The van der Waals surface area contributed by atoms with Crippen LogP contribution in [-0.2, 0) is 11.3 Å². The van der Waals surface area contributed by atoms with Crippen LogP contribution in [0.4, 0.5) is 5.69 Å². The Morgan fingerprint density at radius 1 is 1.03 bits per heavy atom. The zero-order valence-electron chi connectivity index (χ0n) is 17.1. The molecule has 0 aliphatic carbocycles. The molecule has 2 aromatic rings. The van der Waals surface area contributed by atoms with Gasteiger partial charge in [-0.15, -0.1) is 0 Å². The average molecular weight is 396 g/mol. The Morgan fingerprint density at radius 2 is 1.69 bits per heavy atom. The Hall–Kier alpha value is -2.86. The molecule has 6 nitrogen and oxygen atoms in total. The van der Waals surface area contributed by atoms with Crippen molar-refractivity contribution in [2.24, 2.45) is 5.92 Å². The lowest BCUT2D eigenvalue weighted by atomic mass is 9.98. The number of methoxy groups -OCH3 is 1. The van der Waals surface area contributed by atoms with E-state index in [2.05, 4.69) is 17.6 Å². The van der Waals surface area contributed by atoms with E-state index in [9.17, 15) is 9.59 Å². The minimum absolute atomic E-state index is 0.0657. The normalized spacial score (nSPS) is 14.5. The van der Waals surface area contributed by atoms with Gasteiger partial charge >= 0.3 is 0 Å². The maximum atomic E-state index is 12.6. The third-order valence-corrected chi connectivity index (χ3v) is 5.26. The largest absolute Gasteiger partial charge is 0.497 e. The minimum atomic E-state index is -0.123. The molecule has 3 rings (SSSR count). The fraction of sp³-hybridized carbons (Fsp3) is 0.391. The number of anilines is 1. The predicted octanol–water partition coefficient (Wildman–Crippen LogP) is 3.30.